The van der Waals surface area contributed by atoms with Gasteiger partial charge in [0.15, 0.2) is 0 Å². The number of azo groups is 1. The highest BCUT2D eigenvalue weighted by Gasteiger charge is 2.16. The Morgan fingerprint density at radius 3 is 2.43 bits per heavy atom. The van der Waals surface area contributed by atoms with E-state index in [4.69, 9.17) is 0 Å². The smallest absolute Gasteiger partial charge is 0.240 e. The second-order valence-electron chi connectivity index (χ2n) is 6.68. The van der Waals surface area contributed by atoms with Crippen LogP contribution in [0.15, 0.2) is 74.6 Å². The predicted octanol–water partition coefficient (Wildman–Crippen LogP) is 4.28. The second kappa shape index (κ2) is 9.00. The number of hydrogen-bond acceptors (Lipinski definition) is 7. The molecule has 0 radical (unpaired) electrons. The Labute approximate surface area is 177 Å². The number of fused-ring (bicyclic) bond motifs is 1. The molecule has 0 fully saturated rings. The van der Waals surface area contributed by atoms with Crippen LogP contribution in [-0.4, -0.2) is 28.3 Å². The van der Waals surface area contributed by atoms with Gasteiger partial charge in [0, 0.05) is 16.3 Å². The van der Waals surface area contributed by atoms with Gasteiger partial charge in [-0.05, 0) is 72.3 Å². The molecule has 0 amide bonds. The number of rotatable bonds is 7. The van der Waals surface area contributed by atoms with Crippen LogP contribution in [0.3, 0.4) is 0 Å². The molecule has 0 saturated carbocycles. The van der Waals surface area contributed by atoms with Gasteiger partial charge in [0.2, 0.25) is 10.0 Å². The number of nitrogens with zero attached hydrogens (tertiary/aromatic N) is 2. The van der Waals surface area contributed by atoms with Crippen LogP contribution < -0.4 is 4.72 Å². The maximum absolute atomic E-state index is 12.3. The fraction of sp³-hybridized carbons (Fsp3) is 0.200. The largest absolute Gasteiger partial charge is 0.768 e. The molecule has 0 aliphatic heterocycles. The lowest BCUT2D eigenvalue weighted by Gasteiger charge is -2.12. The van der Waals surface area contributed by atoms with Gasteiger partial charge in [0.1, 0.15) is 11.4 Å². The zero-order chi connectivity index (χ0) is 21.9. The summed E-state index contributed by atoms with van der Waals surface area (Å²) in [5.41, 5.74) is 0.581. The molecule has 0 spiro atoms. The highest BCUT2D eigenvalue weighted by atomic mass is 32.2. The first-order valence-electron chi connectivity index (χ1n) is 9.10. The molecule has 0 saturated heterocycles. The summed E-state index contributed by atoms with van der Waals surface area (Å²) in [6.45, 7) is 3.68. The molecule has 3 rings (SSSR count). The number of nitrogens with one attached hydrogen (secondary N) is 1. The Balaban J connectivity index is 1.90. The lowest BCUT2D eigenvalue weighted by atomic mass is 10.1. The molecule has 2 atom stereocenters. The molecule has 0 aromatic heterocycles. The molecule has 8 nitrogen and oxygen atoms in total. The van der Waals surface area contributed by atoms with Gasteiger partial charge in [-0.3, -0.25) is 4.21 Å². The molecule has 3 aromatic carbocycles. The van der Waals surface area contributed by atoms with E-state index in [2.05, 4.69) is 15.0 Å². The van der Waals surface area contributed by atoms with E-state index in [0.29, 0.717) is 22.9 Å². The topological polar surface area (TPSA) is 131 Å². The second-order valence-corrected chi connectivity index (χ2v) is 9.33. The molecule has 3 aromatic rings. The van der Waals surface area contributed by atoms with Crippen molar-refractivity contribution in [3.05, 3.63) is 54.6 Å². The van der Waals surface area contributed by atoms with Gasteiger partial charge in [0.25, 0.3) is 0 Å². The number of sulfonamides is 1. The summed E-state index contributed by atoms with van der Waals surface area (Å²) in [6, 6.07) is 13.1. The summed E-state index contributed by atoms with van der Waals surface area (Å²) in [5.74, 6) is -0.112. The zero-order valence-electron chi connectivity index (χ0n) is 16.3. The zero-order valence-corrected chi connectivity index (χ0v) is 17.9. The average molecular weight is 447 g/mol. The van der Waals surface area contributed by atoms with Crippen molar-refractivity contribution in [2.75, 3.05) is 0 Å². The average Bonchev–Trinajstić information content (AvgIpc) is 2.72. The predicted molar refractivity (Wildman–Crippen MR) is 113 cm³/mol. The van der Waals surface area contributed by atoms with Crippen LogP contribution in [0.25, 0.3) is 10.8 Å². The summed E-state index contributed by atoms with van der Waals surface area (Å²) in [5, 5.41) is 19.4. The van der Waals surface area contributed by atoms with Crippen LogP contribution in [0.4, 0.5) is 11.4 Å². The van der Waals surface area contributed by atoms with Crippen molar-refractivity contribution in [3.8, 4) is 5.75 Å². The van der Waals surface area contributed by atoms with Gasteiger partial charge in [-0.25, -0.2) is 13.1 Å². The normalized spacial score (nSPS) is 14.2. The summed E-state index contributed by atoms with van der Waals surface area (Å²) < 4.78 is 49.5. The number of hydrogen-bond donors (Lipinski definition) is 2. The lowest BCUT2D eigenvalue weighted by Crippen LogP contribution is -2.31. The maximum atomic E-state index is 12.3. The Kier molecular flexibility index (Phi) is 6.61. The summed E-state index contributed by atoms with van der Waals surface area (Å²) >= 11 is -2.37. The van der Waals surface area contributed by atoms with Crippen LogP contribution in [0.1, 0.15) is 20.3 Å². The minimum absolute atomic E-state index is 0.112. The molecule has 158 valence electrons. The van der Waals surface area contributed by atoms with E-state index in [0.717, 1.165) is 0 Å². The molecular weight excluding hydrogens is 426 g/mol. The number of benzene rings is 3. The minimum Gasteiger partial charge on any atom is -0.768 e. The maximum Gasteiger partial charge on any atom is 0.240 e. The minimum atomic E-state index is -3.61. The molecule has 0 heterocycles. The highest BCUT2D eigenvalue weighted by molar-refractivity contribution is 7.89. The van der Waals surface area contributed by atoms with E-state index in [1.165, 1.54) is 42.5 Å². The fourth-order valence-corrected chi connectivity index (χ4v) is 4.43. The quantitative estimate of drug-likeness (QED) is 0.413. The van der Waals surface area contributed by atoms with Crippen LogP contribution in [0.5, 0.6) is 5.75 Å². The molecule has 30 heavy (non-hydrogen) atoms. The summed E-state index contributed by atoms with van der Waals surface area (Å²) in [6.07, 6.45) is 0.673. The van der Waals surface area contributed by atoms with Crippen molar-refractivity contribution in [2.24, 2.45) is 10.2 Å². The lowest BCUT2D eigenvalue weighted by molar-refractivity contribution is 0.477. The summed E-state index contributed by atoms with van der Waals surface area (Å²) in [7, 11) is -3.61. The van der Waals surface area contributed by atoms with Crippen LogP contribution in [-0.2, 0) is 21.1 Å². The molecule has 2 N–H and O–H groups in total. The van der Waals surface area contributed by atoms with E-state index >= 15 is 0 Å². The molecular formula is C20H20N3O5S2-. The number of aromatic hydroxyl groups is 1. The first-order chi connectivity index (χ1) is 14.2. The van der Waals surface area contributed by atoms with Gasteiger partial charge in [-0.15, -0.1) is 5.11 Å². The molecule has 2 unspecified atom stereocenters. The van der Waals surface area contributed by atoms with Crippen LogP contribution in [0.2, 0.25) is 0 Å². The van der Waals surface area contributed by atoms with E-state index in [9.17, 15) is 22.3 Å². The van der Waals surface area contributed by atoms with Gasteiger partial charge in [-0.1, -0.05) is 19.1 Å². The molecule has 10 heteroatoms. The van der Waals surface area contributed by atoms with Crippen molar-refractivity contribution in [1.82, 2.24) is 4.72 Å². The van der Waals surface area contributed by atoms with Crippen molar-refractivity contribution in [2.45, 2.75) is 36.1 Å². The molecule has 0 aliphatic carbocycles. The van der Waals surface area contributed by atoms with Crippen LogP contribution in [0, 0.1) is 0 Å². The number of phenols is 1. The third kappa shape index (κ3) is 4.90. The van der Waals surface area contributed by atoms with E-state index in [1.807, 2.05) is 6.92 Å². The van der Waals surface area contributed by atoms with Gasteiger partial charge in [-0.2, -0.15) is 5.11 Å². The van der Waals surface area contributed by atoms with Crippen molar-refractivity contribution in [1.29, 1.82) is 0 Å². The van der Waals surface area contributed by atoms with Crippen LogP contribution >= 0.6 is 0 Å². The first-order valence-corrected chi connectivity index (χ1v) is 11.7. The molecule has 0 aliphatic rings. The van der Waals surface area contributed by atoms with Crippen molar-refractivity contribution < 1.29 is 22.3 Å². The van der Waals surface area contributed by atoms with E-state index in [-0.39, 0.29) is 27.3 Å². The van der Waals surface area contributed by atoms with E-state index in [1.54, 1.807) is 19.1 Å². The van der Waals surface area contributed by atoms with E-state index < -0.39 is 21.1 Å². The first kappa shape index (κ1) is 22.0. The Morgan fingerprint density at radius 1 is 1.10 bits per heavy atom. The van der Waals surface area contributed by atoms with Gasteiger partial charge in [0.05, 0.1) is 10.6 Å². The molecule has 0 bridgehead atoms. The number of phenolic OH excluding ortho intramolecular Hbond substituents is 1. The van der Waals surface area contributed by atoms with Crippen molar-refractivity contribution >= 4 is 43.3 Å². The Morgan fingerprint density at radius 2 is 1.80 bits per heavy atom. The monoisotopic (exact) mass is 446 g/mol. The van der Waals surface area contributed by atoms with Crippen molar-refractivity contribution in [3.63, 3.8) is 0 Å². The fourth-order valence-electron chi connectivity index (χ4n) is 2.70. The van der Waals surface area contributed by atoms with Gasteiger partial charge < -0.3 is 9.66 Å². The third-order valence-corrected chi connectivity index (χ3v) is 6.76. The highest BCUT2D eigenvalue weighted by Crippen LogP contribution is 2.36. The summed E-state index contributed by atoms with van der Waals surface area (Å²) in [4.78, 5) is 0.242. The standard InChI is InChI=1S/C20H21N3O5S2/c1-3-13(2)23-30(27,28)17-8-5-15(6-9-17)21-22-20-18-10-7-16(29(25)26)12-14(18)4-11-19(20)24/h4-13,23-24H,3H2,1-2H3,(H,25,26)/p-1. The SMILES string of the molecule is CCC(C)NS(=O)(=O)c1ccc(N=Nc2c(O)ccc3cc(S(=O)[O-])ccc23)cc1. The third-order valence-electron chi connectivity index (χ3n) is 4.52. The Bertz CT molecular complexity index is 1230. The van der Waals surface area contributed by atoms with Gasteiger partial charge >= 0.3 is 0 Å². The Hall–Kier alpha value is -2.66.